The van der Waals surface area contributed by atoms with Crippen LogP contribution in [-0.2, 0) is 20.9 Å². The molecule has 0 spiro atoms. The van der Waals surface area contributed by atoms with Gasteiger partial charge in [0.25, 0.3) is 0 Å². The van der Waals surface area contributed by atoms with Crippen molar-refractivity contribution in [3.63, 3.8) is 0 Å². The monoisotopic (exact) mass is 501 g/mol. The van der Waals surface area contributed by atoms with E-state index in [0.29, 0.717) is 0 Å². The maximum atomic E-state index is 9.99. The molecule has 0 amide bonds. The van der Waals surface area contributed by atoms with Gasteiger partial charge in [0.1, 0.15) is 0 Å². The van der Waals surface area contributed by atoms with Gasteiger partial charge in [-0.1, -0.05) is 106 Å². The maximum Gasteiger partial charge on any atom is 0.327 e. The molecular formula is C30H48NO3P. The molecule has 4 nitrogen and oxygen atoms in total. The van der Waals surface area contributed by atoms with E-state index in [0.717, 1.165) is 0 Å². The van der Waals surface area contributed by atoms with Gasteiger partial charge in [-0.3, -0.25) is 4.90 Å². The third-order valence-electron chi connectivity index (χ3n) is 7.03. The van der Waals surface area contributed by atoms with Gasteiger partial charge in [-0.2, -0.15) is 0 Å². The minimum Gasteiger partial charge on any atom is -0.328 e. The Hall–Kier alpha value is -1.29. The summed E-state index contributed by atoms with van der Waals surface area (Å²) in [6, 6.07) is 13.2. The predicted octanol–water partition coefficient (Wildman–Crippen LogP) is 7.56. The minimum atomic E-state index is -2.52. The van der Waals surface area contributed by atoms with E-state index < -0.39 is 14.1 Å². The van der Waals surface area contributed by atoms with E-state index in [-0.39, 0.29) is 29.3 Å². The lowest BCUT2D eigenvalue weighted by Gasteiger charge is -2.48. The summed E-state index contributed by atoms with van der Waals surface area (Å²) in [6.07, 6.45) is 0. The topological polar surface area (TPSA) is 52.9 Å². The molecule has 0 bridgehead atoms. The maximum absolute atomic E-state index is 9.99. The number of nitrogens with zero attached hydrogens (tertiary/aromatic N) is 1. The molecule has 196 valence electrons. The standard InChI is InChI=1S/C30H48NO3P/c1-20(2)22-15-13-17-24(28(5,6)7)26(22)30(31(11)12,19-34-35(32)33)27-23(21(3)4)16-14-18-25(27)29(8,9)10/h13-18,20-21,32-33H,19H2,1-12H3. The third kappa shape index (κ3) is 6.17. The Balaban J connectivity index is 3.29. The summed E-state index contributed by atoms with van der Waals surface area (Å²) < 4.78 is 5.82. The van der Waals surface area contributed by atoms with E-state index in [4.69, 9.17) is 4.52 Å². The van der Waals surface area contributed by atoms with Crippen molar-refractivity contribution in [1.82, 2.24) is 4.90 Å². The van der Waals surface area contributed by atoms with Crippen molar-refractivity contribution in [1.29, 1.82) is 0 Å². The fourth-order valence-electron chi connectivity index (χ4n) is 5.27. The second-order valence-corrected chi connectivity index (χ2v) is 13.4. The van der Waals surface area contributed by atoms with Gasteiger partial charge >= 0.3 is 8.60 Å². The van der Waals surface area contributed by atoms with Gasteiger partial charge in [0, 0.05) is 0 Å². The highest BCUT2D eigenvalue weighted by atomic mass is 31.2. The molecule has 0 aromatic heterocycles. The molecule has 0 saturated carbocycles. The molecule has 35 heavy (non-hydrogen) atoms. The van der Waals surface area contributed by atoms with Crippen molar-refractivity contribution in [2.24, 2.45) is 0 Å². The zero-order chi connectivity index (χ0) is 26.9. The van der Waals surface area contributed by atoms with Crippen LogP contribution >= 0.6 is 8.60 Å². The molecule has 2 N–H and O–H groups in total. The second-order valence-electron chi connectivity index (χ2n) is 12.6. The summed E-state index contributed by atoms with van der Waals surface area (Å²) in [5.74, 6) is 0.557. The van der Waals surface area contributed by atoms with Crippen LogP contribution in [0.2, 0.25) is 0 Å². The molecule has 5 heteroatoms. The Morgan fingerprint density at radius 2 is 1.11 bits per heavy atom. The van der Waals surface area contributed by atoms with E-state index in [1.54, 1.807) is 0 Å². The second kappa shape index (κ2) is 11.0. The first kappa shape index (κ1) is 29.9. The highest BCUT2D eigenvalue weighted by Gasteiger charge is 2.47. The molecule has 0 radical (unpaired) electrons. The van der Waals surface area contributed by atoms with E-state index >= 15 is 0 Å². The van der Waals surface area contributed by atoms with Crippen molar-refractivity contribution in [2.45, 2.75) is 97.4 Å². The lowest BCUT2D eigenvalue weighted by Crippen LogP contribution is -2.50. The first-order chi connectivity index (χ1) is 16.0. The van der Waals surface area contributed by atoms with Crippen molar-refractivity contribution in [2.75, 3.05) is 20.7 Å². The molecule has 0 aliphatic rings. The molecule has 2 aromatic rings. The smallest absolute Gasteiger partial charge is 0.327 e. The number of rotatable bonds is 8. The first-order valence-corrected chi connectivity index (χ1v) is 13.9. The normalized spacial score (nSPS) is 13.5. The molecule has 0 aliphatic carbocycles. The SMILES string of the molecule is CC(C)c1cccc(C(C)(C)C)c1C(COP(O)O)(c1c(C(C)C)cccc1C(C)(C)C)N(C)C. The van der Waals surface area contributed by atoms with Crippen molar-refractivity contribution in [3.05, 3.63) is 69.8 Å². The number of likely N-dealkylation sites (N-methyl/N-ethyl adjacent to an activating group) is 1. The average Bonchev–Trinajstić information content (AvgIpc) is 2.72. The summed E-state index contributed by atoms with van der Waals surface area (Å²) in [7, 11) is 1.66. The minimum absolute atomic E-state index is 0.126. The molecule has 0 heterocycles. The molecule has 2 rings (SSSR count). The number of hydrogen-bond acceptors (Lipinski definition) is 4. The lowest BCUT2D eigenvalue weighted by molar-refractivity contribution is 0.0999. The Kier molecular flexibility index (Phi) is 9.40. The quantitative estimate of drug-likeness (QED) is 0.367. The van der Waals surface area contributed by atoms with Crippen LogP contribution in [0.4, 0.5) is 0 Å². The first-order valence-electron chi connectivity index (χ1n) is 12.7. The van der Waals surface area contributed by atoms with Crippen molar-refractivity contribution >= 4 is 8.60 Å². The van der Waals surface area contributed by atoms with Crippen molar-refractivity contribution in [3.8, 4) is 0 Å². The fourth-order valence-corrected chi connectivity index (χ4v) is 5.57. The van der Waals surface area contributed by atoms with Gasteiger partial charge in [-0.05, 0) is 70.1 Å². The molecule has 2 aromatic carbocycles. The molecule has 0 saturated heterocycles. The molecule has 0 atom stereocenters. The Morgan fingerprint density at radius 3 is 1.37 bits per heavy atom. The average molecular weight is 502 g/mol. The van der Waals surface area contributed by atoms with Crippen molar-refractivity contribution < 1.29 is 14.3 Å². The summed E-state index contributed by atoms with van der Waals surface area (Å²) in [5, 5.41) is 0. The molecule has 0 aliphatic heterocycles. The number of hydrogen-bond donors (Lipinski definition) is 2. The zero-order valence-corrected chi connectivity index (χ0v) is 24.9. The van der Waals surface area contributed by atoms with Crippen LogP contribution in [-0.4, -0.2) is 35.4 Å². The van der Waals surface area contributed by atoms with Gasteiger partial charge in [-0.15, -0.1) is 0 Å². The summed E-state index contributed by atoms with van der Waals surface area (Å²) in [6.45, 7) is 22.6. The molecular weight excluding hydrogens is 453 g/mol. The van der Waals surface area contributed by atoms with Gasteiger partial charge in [0.05, 0.1) is 12.1 Å². The summed E-state index contributed by atoms with van der Waals surface area (Å²) in [4.78, 5) is 22.2. The Bertz CT molecular complexity index is 928. The Morgan fingerprint density at radius 1 is 0.743 bits per heavy atom. The summed E-state index contributed by atoms with van der Waals surface area (Å²) >= 11 is 0. The van der Waals surface area contributed by atoms with Gasteiger partial charge in [-0.25, -0.2) is 0 Å². The van der Waals surface area contributed by atoms with Crippen LogP contribution in [0.1, 0.15) is 114 Å². The zero-order valence-electron chi connectivity index (χ0n) is 24.0. The number of benzene rings is 2. The third-order valence-corrected chi connectivity index (χ3v) is 7.39. The van der Waals surface area contributed by atoms with Crippen LogP contribution in [0.15, 0.2) is 36.4 Å². The van der Waals surface area contributed by atoms with E-state index in [2.05, 4.69) is 125 Å². The molecule has 0 fully saturated rings. The van der Waals surface area contributed by atoms with Crippen LogP contribution in [0, 0.1) is 0 Å². The van der Waals surface area contributed by atoms with Crippen LogP contribution in [0.25, 0.3) is 0 Å². The summed E-state index contributed by atoms with van der Waals surface area (Å²) in [5.41, 5.74) is 6.45. The van der Waals surface area contributed by atoms with Crippen LogP contribution in [0.3, 0.4) is 0 Å². The van der Waals surface area contributed by atoms with Crippen LogP contribution < -0.4 is 0 Å². The lowest BCUT2D eigenvalue weighted by atomic mass is 9.65. The van der Waals surface area contributed by atoms with Crippen LogP contribution in [0.5, 0.6) is 0 Å². The van der Waals surface area contributed by atoms with E-state index in [9.17, 15) is 9.79 Å². The molecule has 0 unspecified atom stereocenters. The fraction of sp³-hybridized carbons (Fsp3) is 0.600. The highest BCUT2D eigenvalue weighted by molar-refractivity contribution is 7.39. The Labute approximate surface area is 215 Å². The predicted molar refractivity (Wildman–Crippen MR) is 150 cm³/mol. The van der Waals surface area contributed by atoms with Gasteiger partial charge in [0.15, 0.2) is 0 Å². The van der Waals surface area contributed by atoms with E-state index in [1.807, 2.05) is 0 Å². The van der Waals surface area contributed by atoms with Gasteiger partial charge < -0.3 is 14.3 Å². The highest BCUT2D eigenvalue weighted by Crippen LogP contribution is 2.50. The van der Waals surface area contributed by atoms with Gasteiger partial charge in [0.2, 0.25) is 0 Å². The van der Waals surface area contributed by atoms with E-state index in [1.165, 1.54) is 33.4 Å². The largest absolute Gasteiger partial charge is 0.328 e.